The third kappa shape index (κ3) is 2.88. The summed E-state index contributed by atoms with van der Waals surface area (Å²) in [5.41, 5.74) is 1.53. The smallest absolute Gasteiger partial charge is 0.247 e. The van der Waals surface area contributed by atoms with Crippen molar-refractivity contribution in [3.63, 3.8) is 0 Å². The molecule has 5 nitrogen and oxygen atoms in total. The van der Waals surface area contributed by atoms with Crippen molar-refractivity contribution in [2.24, 2.45) is 0 Å². The monoisotopic (exact) mass is 282 g/mol. The third-order valence-corrected chi connectivity index (χ3v) is 5.09. The van der Waals surface area contributed by atoms with E-state index in [0.717, 1.165) is 9.87 Å². The Kier molecular flexibility index (Phi) is 4.56. The fourth-order valence-electron chi connectivity index (χ4n) is 1.83. The van der Waals surface area contributed by atoms with Crippen LogP contribution in [0.5, 0.6) is 5.75 Å². The molecule has 0 saturated heterocycles. The molecule has 0 heterocycles. The summed E-state index contributed by atoms with van der Waals surface area (Å²) in [7, 11) is -0.932. The van der Waals surface area contributed by atoms with Crippen molar-refractivity contribution in [3.8, 4) is 11.8 Å². The van der Waals surface area contributed by atoms with E-state index >= 15 is 0 Å². The van der Waals surface area contributed by atoms with E-state index in [9.17, 15) is 8.42 Å². The number of nitrogens with zero attached hydrogens (tertiary/aromatic N) is 2. The number of rotatable bonds is 4. The van der Waals surface area contributed by atoms with Gasteiger partial charge < -0.3 is 4.74 Å². The van der Waals surface area contributed by atoms with E-state index in [1.807, 2.05) is 13.0 Å². The minimum absolute atomic E-state index is 0.116. The maximum absolute atomic E-state index is 12.5. The molecule has 0 fully saturated rings. The first-order chi connectivity index (χ1) is 8.75. The van der Waals surface area contributed by atoms with Crippen molar-refractivity contribution >= 4 is 10.0 Å². The van der Waals surface area contributed by atoms with Gasteiger partial charge in [0.15, 0.2) is 0 Å². The number of sulfonamides is 1. The van der Waals surface area contributed by atoms with Crippen LogP contribution in [-0.4, -0.2) is 32.9 Å². The van der Waals surface area contributed by atoms with Crippen LogP contribution in [0, 0.1) is 25.2 Å². The fraction of sp³-hybridized carbons (Fsp3) is 0.462. The van der Waals surface area contributed by atoms with E-state index in [0.29, 0.717) is 11.3 Å². The molecule has 0 aliphatic heterocycles. The van der Waals surface area contributed by atoms with Crippen LogP contribution in [0.3, 0.4) is 0 Å². The summed E-state index contributed by atoms with van der Waals surface area (Å²) in [6, 6.07) is 4.62. The van der Waals surface area contributed by atoms with Gasteiger partial charge in [0.25, 0.3) is 0 Å². The first kappa shape index (κ1) is 15.5. The van der Waals surface area contributed by atoms with Crippen LogP contribution in [0.2, 0.25) is 0 Å². The van der Waals surface area contributed by atoms with Crippen LogP contribution < -0.4 is 4.74 Å². The molecule has 0 N–H and O–H groups in total. The van der Waals surface area contributed by atoms with Gasteiger partial charge in [0, 0.05) is 7.05 Å². The number of methoxy groups -OCH3 is 1. The second-order valence-electron chi connectivity index (χ2n) is 4.44. The van der Waals surface area contributed by atoms with Crippen LogP contribution >= 0.6 is 0 Å². The lowest BCUT2D eigenvalue weighted by atomic mass is 10.1. The number of benzene rings is 1. The summed E-state index contributed by atoms with van der Waals surface area (Å²) in [5, 5.41) is 8.87. The van der Waals surface area contributed by atoms with Gasteiger partial charge in [-0.2, -0.15) is 9.57 Å². The summed E-state index contributed by atoms with van der Waals surface area (Å²) in [4.78, 5) is 0.116. The Morgan fingerprint density at radius 2 is 1.95 bits per heavy atom. The van der Waals surface area contributed by atoms with Gasteiger partial charge in [-0.25, -0.2) is 8.42 Å². The Morgan fingerprint density at radius 1 is 1.37 bits per heavy atom. The van der Waals surface area contributed by atoms with Crippen LogP contribution in [-0.2, 0) is 10.0 Å². The topological polar surface area (TPSA) is 70.4 Å². The Hall–Kier alpha value is -1.58. The molecule has 104 valence electrons. The minimum atomic E-state index is -3.75. The van der Waals surface area contributed by atoms with Gasteiger partial charge in [-0.1, -0.05) is 6.07 Å². The second-order valence-corrected chi connectivity index (χ2v) is 6.37. The molecule has 1 aromatic carbocycles. The lowest BCUT2D eigenvalue weighted by molar-refractivity contribution is 0.394. The molecule has 0 saturated carbocycles. The zero-order chi connectivity index (χ0) is 14.8. The van der Waals surface area contributed by atoms with E-state index < -0.39 is 16.1 Å². The predicted molar refractivity (Wildman–Crippen MR) is 72.5 cm³/mol. The molecule has 1 unspecified atom stereocenters. The molecule has 0 radical (unpaired) electrons. The molecule has 0 aromatic heterocycles. The van der Waals surface area contributed by atoms with Crippen molar-refractivity contribution < 1.29 is 13.2 Å². The number of aryl methyl sites for hydroxylation is 2. The highest BCUT2D eigenvalue weighted by atomic mass is 32.2. The maximum atomic E-state index is 12.5. The van der Waals surface area contributed by atoms with Crippen molar-refractivity contribution in [2.75, 3.05) is 14.2 Å². The van der Waals surface area contributed by atoms with Crippen molar-refractivity contribution in [3.05, 3.63) is 23.3 Å². The summed E-state index contributed by atoms with van der Waals surface area (Å²) in [6.45, 7) is 5.12. The van der Waals surface area contributed by atoms with Gasteiger partial charge in [-0.15, -0.1) is 0 Å². The molecule has 6 heteroatoms. The highest BCUT2D eigenvalue weighted by molar-refractivity contribution is 7.89. The molecule has 1 rings (SSSR count). The van der Waals surface area contributed by atoms with Gasteiger partial charge in [0.1, 0.15) is 16.7 Å². The SMILES string of the molecule is COc1cc(C)cc(C)c1S(=O)(=O)N(C)C(C)C#N. The Morgan fingerprint density at radius 3 is 2.42 bits per heavy atom. The minimum Gasteiger partial charge on any atom is -0.495 e. The van der Waals surface area contributed by atoms with Gasteiger partial charge in [0.2, 0.25) is 10.0 Å². The van der Waals surface area contributed by atoms with Gasteiger partial charge in [0.05, 0.1) is 13.2 Å². The van der Waals surface area contributed by atoms with Crippen LogP contribution in [0.25, 0.3) is 0 Å². The molecule has 0 bridgehead atoms. The summed E-state index contributed by atoms with van der Waals surface area (Å²) in [6.07, 6.45) is 0. The maximum Gasteiger partial charge on any atom is 0.247 e. The molecule has 1 aromatic rings. The van der Waals surface area contributed by atoms with Crippen molar-refractivity contribution in [1.82, 2.24) is 4.31 Å². The first-order valence-electron chi connectivity index (χ1n) is 5.78. The molecule has 1 atom stereocenters. The van der Waals surface area contributed by atoms with Crippen LogP contribution in [0.4, 0.5) is 0 Å². The predicted octanol–water partition coefficient (Wildman–Crippen LogP) is 1.84. The fourth-order valence-corrected chi connectivity index (χ4v) is 3.44. The summed E-state index contributed by atoms with van der Waals surface area (Å²) < 4.78 is 31.3. The molecule has 0 spiro atoms. The molecular weight excluding hydrogens is 264 g/mol. The van der Waals surface area contributed by atoms with Crippen LogP contribution in [0.15, 0.2) is 17.0 Å². The Bertz CT molecular complexity index is 618. The molecule has 19 heavy (non-hydrogen) atoms. The molecule has 0 aliphatic rings. The van der Waals surface area contributed by atoms with Crippen molar-refractivity contribution in [1.29, 1.82) is 5.26 Å². The number of hydrogen-bond acceptors (Lipinski definition) is 4. The number of hydrogen-bond donors (Lipinski definition) is 0. The summed E-state index contributed by atoms with van der Waals surface area (Å²) in [5.74, 6) is 0.300. The number of ether oxygens (including phenoxy) is 1. The average molecular weight is 282 g/mol. The van der Waals surface area contributed by atoms with Crippen LogP contribution in [0.1, 0.15) is 18.1 Å². The first-order valence-corrected chi connectivity index (χ1v) is 7.22. The van der Waals surface area contributed by atoms with Gasteiger partial charge >= 0.3 is 0 Å². The zero-order valence-corrected chi connectivity index (χ0v) is 12.6. The molecule has 0 aliphatic carbocycles. The summed E-state index contributed by atoms with van der Waals surface area (Å²) >= 11 is 0. The van der Waals surface area contributed by atoms with E-state index in [1.54, 1.807) is 19.1 Å². The van der Waals surface area contributed by atoms with E-state index in [1.165, 1.54) is 21.1 Å². The van der Waals surface area contributed by atoms with E-state index in [2.05, 4.69) is 0 Å². The van der Waals surface area contributed by atoms with Gasteiger partial charge in [-0.3, -0.25) is 0 Å². The van der Waals surface area contributed by atoms with E-state index in [4.69, 9.17) is 10.00 Å². The largest absolute Gasteiger partial charge is 0.495 e. The number of nitriles is 1. The van der Waals surface area contributed by atoms with Gasteiger partial charge in [-0.05, 0) is 38.0 Å². The normalized spacial score (nSPS) is 13.1. The Balaban J connectivity index is 3.50. The average Bonchev–Trinajstić information content (AvgIpc) is 2.35. The molecule has 0 amide bonds. The lowest BCUT2D eigenvalue weighted by Gasteiger charge is -2.22. The standard InChI is InChI=1S/C13H18N2O3S/c1-9-6-10(2)13(12(7-9)18-5)19(16,17)15(4)11(3)8-14/h6-7,11H,1-5H3. The lowest BCUT2D eigenvalue weighted by Crippen LogP contribution is -2.34. The third-order valence-electron chi connectivity index (χ3n) is 2.97. The van der Waals surface area contributed by atoms with Crippen molar-refractivity contribution in [2.45, 2.75) is 31.7 Å². The zero-order valence-electron chi connectivity index (χ0n) is 11.8. The highest BCUT2D eigenvalue weighted by Gasteiger charge is 2.30. The van der Waals surface area contributed by atoms with E-state index in [-0.39, 0.29) is 4.90 Å². The second kappa shape index (κ2) is 5.59. The molecular formula is C13H18N2O3S. The highest BCUT2D eigenvalue weighted by Crippen LogP contribution is 2.31. The quantitative estimate of drug-likeness (QED) is 0.845. The Labute approximate surface area is 114 Å².